The number of H-pyrrole nitrogens is 1. The number of hydrogen-bond donors (Lipinski definition) is 2. The molecule has 4 nitrogen and oxygen atoms in total. The van der Waals surface area contributed by atoms with Gasteiger partial charge < -0.3 is 10.1 Å². The van der Waals surface area contributed by atoms with Crippen LogP contribution in [-0.2, 0) is 0 Å². The number of aromatic hydroxyl groups is 1. The lowest BCUT2D eigenvalue weighted by Crippen LogP contribution is -1.85. The van der Waals surface area contributed by atoms with E-state index in [1.165, 1.54) is 6.20 Å². The van der Waals surface area contributed by atoms with Gasteiger partial charge in [-0.1, -0.05) is 0 Å². The van der Waals surface area contributed by atoms with Crippen LogP contribution in [0.4, 0.5) is 0 Å². The van der Waals surface area contributed by atoms with Gasteiger partial charge in [0.2, 0.25) is 5.88 Å². The Kier molecular flexibility index (Phi) is 2.02. The second kappa shape index (κ2) is 3.18. The summed E-state index contributed by atoms with van der Waals surface area (Å²) in [5.74, 6) is 0.581. The average molecular weight is 240 g/mol. The van der Waals surface area contributed by atoms with Gasteiger partial charge in [0, 0.05) is 10.7 Å². The standard InChI is InChI=1S/C8H6BrN3O/c9-5-2-1-3-10-7(5)8-11-4-6(13)12-8/h1-4,13H,(H,11,12). The number of nitrogens with one attached hydrogen (secondary N) is 1. The zero-order valence-corrected chi connectivity index (χ0v) is 8.12. The third-order valence-electron chi connectivity index (χ3n) is 1.55. The van der Waals surface area contributed by atoms with Gasteiger partial charge in [-0.15, -0.1) is 0 Å². The molecular weight excluding hydrogens is 234 g/mol. The third-order valence-corrected chi connectivity index (χ3v) is 2.19. The molecule has 0 aliphatic heterocycles. The molecule has 2 rings (SSSR count). The molecule has 66 valence electrons. The first-order chi connectivity index (χ1) is 6.27. The van der Waals surface area contributed by atoms with Crippen LogP contribution in [0.1, 0.15) is 0 Å². The van der Waals surface area contributed by atoms with E-state index < -0.39 is 0 Å². The lowest BCUT2D eigenvalue weighted by Gasteiger charge is -1.97. The molecule has 0 atom stereocenters. The van der Waals surface area contributed by atoms with Crippen molar-refractivity contribution in [2.24, 2.45) is 0 Å². The second-order valence-electron chi connectivity index (χ2n) is 2.45. The molecule has 2 aromatic rings. The van der Waals surface area contributed by atoms with Crippen molar-refractivity contribution in [3.8, 4) is 17.4 Å². The number of hydrogen-bond acceptors (Lipinski definition) is 3. The van der Waals surface area contributed by atoms with Gasteiger partial charge in [0.15, 0.2) is 5.82 Å². The normalized spacial score (nSPS) is 10.2. The van der Waals surface area contributed by atoms with Crippen LogP contribution < -0.4 is 0 Å². The van der Waals surface area contributed by atoms with Crippen molar-refractivity contribution in [1.29, 1.82) is 0 Å². The van der Waals surface area contributed by atoms with Crippen LogP contribution in [-0.4, -0.2) is 20.1 Å². The van der Waals surface area contributed by atoms with Crippen LogP contribution in [0.25, 0.3) is 11.5 Å². The van der Waals surface area contributed by atoms with Crippen molar-refractivity contribution in [3.05, 3.63) is 29.0 Å². The zero-order valence-electron chi connectivity index (χ0n) is 6.53. The van der Waals surface area contributed by atoms with E-state index in [1.54, 1.807) is 6.20 Å². The molecule has 0 fully saturated rings. The number of imidazole rings is 1. The largest absolute Gasteiger partial charge is 0.493 e. The van der Waals surface area contributed by atoms with Crippen LogP contribution >= 0.6 is 15.9 Å². The maximum absolute atomic E-state index is 9.04. The van der Waals surface area contributed by atoms with E-state index in [0.717, 1.165) is 4.47 Å². The van der Waals surface area contributed by atoms with Crippen molar-refractivity contribution in [2.75, 3.05) is 0 Å². The predicted molar refractivity (Wildman–Crippen MR) is 51.2 cm³/mol. The highest BCUT2D eigenvalue weighted by atomic mass is 79.9. The lowest BCUT2D eigenvalue weighted by atomic mass is 10.3. The molecule has 0 radical (unpaired) electrons. The molecule has 0 aliphatic carbocycles. The fourth-order valence-corrected chi connectivity index (χ4v) is 1.43. The molecular formula is C8H6BrN3O. The average Bonchev–Trinajstić information content (AvgIpc) is 2.53. The minimum atomic E-state index is 0.0348. The number of halogens is 1. The molecule has 2 N–H and O–H groups in total. The SMILES string of the molecule is Oc1cnc(-c2ncccc2Br)[nH]1. The summed E-state index contributed by atoms with van der Waals surface area (Å²) in [6.07, 6.45) is 3.01. The number of nitrogens with zero attached hydrogens (tertiary/aromatic N) is 2. The minimum absolute atomic E-state index is 0.0348. The zero-order chi connectivity index (χ0) is 9.26. The van der Waals surface area contributed by atoms with Crippen LogP contribution in [0.3, 0.4) is 0 Å². The Labute approximate surface area is 82.8 Å². The summed E-state index contributed by atoms with van der Waals surface area (Å²) in [6.45, 7) is 0. The van der Waals surface area contributed by atoms with Gasteiger partial charge in [-0.05, 0) is 28.1 Å². The Morgan fingerprint density at radius 2 is 2.23 bits per heavy atom. The Morgan fingerprint density at radius 1 is 1.38 bits per heavy atom. The monoisotopic (exact) mass is 239 g/mol. The summed E-state index contributed by atoms with van der Waals surface area (Å²) in [6, 6.07) is 3.68. The van der Waals surface area contributed by atoms with Crippen molar-refractivity contribution in [2.45, 2.75) is 0 Å². The van der Waals surface area contributed by atoms with E-state index in [4.69, 9.17) is 5.11 Å². The Hall–Kier alpha value is -1.36. The first kappa shape index (κ1) is 8.25. The van der Waals surface area contributed by atoms with E-state index in [2.05, 4.69) is 30.9 Å². The van der Waals surface area contributed by atoms with Crippen molar-refractivity contribution >= 4 is 15.9 Å². The maximum atomic E-state index is 9.04. The first-order valence-electron chi connectivity index (χ1n) is 3.62. The number of rotatable bonds is 1. The molecule has 2 aromatic heterocycles. The van der Waals surface area contributed by atoms with Crippen molar-refractivity contribution in [3.63, 3.8) is 0 Å². The smallest absolute Gasteiger partial charge is 0.208 e. The molecule has 0 aliphatic rings. The highest BCUT2D eigenvalue weighted by Crippen LogP contribution is 2.23. The van der Waals surface area contributed by atoms with Crippen LogP contribution in [0.5, 0.6) is 5.88 Å². The fraction of sp³-hybridized carbons (Fsp3) is 0. The fourth-order valence-electron chi connectivity index (χ4n) is 0.992. The van der Waals surface area contributed by atoms with Crippen LogP contribution in [0.2, 0.25) is 0 Å². The Balaban J connectivity index is 2.52. The highest BCUT2D eigenvalue weighted by Gasteiger charge is 2.06. The van der Waals surface area contributed by atoms with Crippen LogP contribution in [0.15, 0.2) is 29.0 Å². The quantitative estimate of drug-likeness (QED) is 0.800. The highest BCUT2D eigenvalue weighted by molar-refractivity contribution is 9.10. The van der Waals surface area contributed by atoms with E-state index in [0.29, 0.717) is 11.5 Å². The van der Waals surface area contributed by atoms with Crippen LogP contribution in [0, 0.1) is 0 Å². The summed E-state index contributed by atoms with van der Waals surface area (Å²) in [7, 11) is 0. The molecule has 0 spiro atoms. The summed E-state index contributed by atoms with van der Waals surface area (Å²) in [5.41, 5.74) is 0.683. The second-order valence-corrected chi connectivity index (χ2v) is 3.31. The lowest BCUT2D eigenvalue weighted by molar-refractivity contribution is 0.457. The Bertz CT molecular complexity index is 427. The van der Waals surface area contributed by atoms with Gasteiger partial charge in [0.25, 0.3) is 0 Å². The van der Waals surface area contributed by atoms with Gasteiger partial charge in [-0.3, -0.25) is 4.98 Å². The van der Waals surface area contributed by atoms with E-state index in [1.807, 2.05) is 12.1 Å². The van der Waals surface area contributed by atoms with Gasteiger partial charge in [0.05, 0.1) is 6.20 Å². The summed E-state index contributed by atoms with van der Waals surface area (Å²) in [5, 5.41) is 9.04. The Morgan fingerprint density at radius 3 is 2.85 bits per heavy atom. The summed E-state index contributed by atoms with van der Waals surface area (Å²) >= 11 is 3.34. The molecule has 5 heteroatoms. The van der Waals surface area contributed by atoms with E-state index in [9.17, 15) is 0 Å². The third kappa shape index (κ3) is 1.55. The van der Waals surface area contributed by atoms with Gasteiger partial charge in [-0.2, -0.15) is 0 Å². The predicted octanol–water partition coefficient (Wildman–Crippen LogP) is 1.94. The summed E-state index contributed by atoms with van der Waals surface area (Å²) in [4.78, 5) is 10.7. The van der Waals surface area contributed by atoms with Crippen molar-refractivity contribution in [1.82, 2.24) is 15.0 Å². The number of aromatic amines is 1. The van der Waals surface area contributed by atoms with Gasteiger partial charge >= 0.3 is 0 Å². The maximum Gasteiger partial charge on any atom is 0.208 e. The molecule has 0 unspecified atom stereocenters. The molecule has 0 saturated carbocycles. The van der Waals surface area contributed by atoms with Gasteiger partial charge in [0.1, 0.15) is 5.69 Å². The number of aromatic nitrogens is 3. The van der Waals surface area contributed by atoms with E-state index >= 15 is 0 Å². The van der Waals surface area contributed by atoms with Gasteiger partial charge in [-0.25, -0.2) is 4.98 Å². The first-order valence-corrected chi connectivity index (χ1v) is 4.41. The molecule has 13 heavy (non-hydrogen) atoms. The molecule has 2 heterocycles. The minimum Gasteiger partial charge on any atom is -0.493 e. The molecule has 0 amide bonds. The van der Waals surface area contributed by atoms with E-state index in [-0.39, 0.29) is 5.88 Å². The molecule has 0 bridgehead atoms. The van der Waals surface area contributed by atoms with Crippen molar-refractivity contribution < 1.29 is 5.11 Å². The molecule has 0 aromatic carbocycles. The molecule has 0 saturated heterocycles. The summed E-state index contributed by atoms with van der Waals surface area (Å²) < 4.78 is 0.837. The topological polar surface area (TPSA) is 61.8 Å². The number of pyridine rings is 1.